The molecule has 3 heteroatoms. The van der Waals surface area contributed by atoms with Crippen molar-refractivity contribution < 1.29 is 4.74 Å². The van der Waals surface area contributed by atoms with Crippen LogP contribution in [0.25, 0.3) is 0 Å². The van der Waals surface area contributed by atoms with Crippen LogP contribution in [0, 0.1) is 0 Å². The molecule has 13 heavy (non-hydrogen) atoms. The third-order valence-electron chi connectivity index (χ3n) is 2.13. The van der Waals surface area contributed by atoms with Crippen molar-refractivity contribution in [2.75, 3.05) is 13.1 Å². The van der Waals surface area contributed by atoms with Crippen LogP contribution in [-0.4, -0.2) is 19.2 Å². The monoisotopic (exact) mass is 241 g/mol. The van der Waals surface area contributed by atoms with Crippen LogP contribution in [0.15, 0.2) is 28.7 Å². The number of hydrogen-bond acceptors (Lipinski definition) is 2. The van der Waals surface area contributed by atoms with E-state index in [4.69, 9.17) is 4.74 Å². The first-order valence-corrected chi connectivity index (χ1v) is 5.27. The van der Waals surface area contributed by atoms with Crippen LogP contribution >= 0.6 is 15.9 Å². The third-order valence-corrected chi connectivity index (χ3v) is 2.66. The van der Waals surface area contributed by atoms with E-state index in [9.17, 15) is 0 Å². The van der Waals surface area contributed by atoms with Crippen LogP contribution in [-0.2, 0) is 0 Å². The SMILES string of the molecule is Brc1ccc(O[C@@H]2CCNC2)cc1. The van der Waals surface area contributed by atoms with Gasteiger partial charge in [-0.05, 0) is 37.2 Å². The summed E-state index contributed by atoms with van der Waals surface area (Å²) < 4.78 is 6.83. The first-order chi connectivity index (χ1) is 6.34. The van der Waals surface area contributed by atoms with Gasteiger partial charge in [-0.2, -0.15) is 0 Å². The van der Waals surface area contributed by atoms with Crippen molar-refractivity contribution in [3.63, 3.8) is 0 Å². The maximum atomic E-state index is 5.75. The summed E-state index contributed by atoms with van der Waals surface area (Å²) in [7, 11) is 0. The van der Waals surface area contributed by atoms with Gasteiger partial charge < -0.3 is 10.1 Å². The Hall–Kier alpha value is -0.540. The Labute approximate surface area is 86.4 Å². The van der Waals surface area contributed by atoms with Gasteiger partial charge in [0.1, 0.15) is 11.9 Å². The van der Waals surface area contributed by atoms with E-state index >= 15 is 0 Å². The Morgan fingerprint density at radius 2 is 2.08 bits per heavy atom. The van der Waals surface area contributed by atoms with E-state index in [1.54, 1.807) is 0 Å². The summed E-state index contributed by atoms with van der Waals surface area (Å²) in [6.45, 7) is 2.04. The molecule has 1 N–H and O–H groups in total. The molecule has 0 aromatic heterocycles. The number of benzene rings is 1. The van der Waals surface area contributed by atoms with Gasteiger partial charge in [-0.15, -0.1) is 0 Å². The van der Waals surface area contributed by atoms with Gasteiger partial charge in [0, 0.05) is 11.0 Å². The van der Waals surface area contributed by atoms with Crippen LogP contribution in [0.4, 0.5) is 0 Å². The van der Waals surface area contributed by atoms with E-state index < -0.39 is 0 Å². The smallest absolute Gasteiger partial charge is 0.119 e. The largest absolute Gasteiger partial charge is 0.489 e. The summed E-state index contributed by atoms with van der Waals surface area (Å²) in [4.78, 5) is 0. The zero-order valence-electron chi connectivity index (χ0n) is 7.29. The zero-order valence-corrected chi connectivity index (χ0v) is 8.88. The van der Waals surface area contributed by atoms with Crippen LogP contribution in [0.2, 0.25) is 0 Å². The van der Waals surface area contributed by atoms with Crippen LogP contribution in [0.5, 0.6) is 5.75 Å². The maximum absolute atomic E-state index is 5.75. The minimum absolute atomic E-state index is 0.348. The normalized spacial score (nSPS) is 21.8. The number of nitrogens with one attached hydrogen (secondary N) is 1. The summed E-state index contributed by atoms with van der Waals surface area (Å²) >= 11 is 3.39. The van der Waals surface area contributed by atoms with Gasteiger partial charge in [0.2, 0.25) is 0 Å². The number of rotatable bonds is 2. The van der Waals surface area contributed by atoms with Crippen molar-refractivity contribution in [1.29, 1.82) is 0 Å². The molecule has 1 fully saturated rings. The molecule has 0 spiro atoms. The number of ether oxygens (including phenoxy) is 1. The van der Waals surface area contributed by atoms with E-state index in [-0.39, 0.29) is 0 Å². The highest BCUT2D eigenvalue weighted by atomic mass is 79.9. The standard InChI is InChI=1S/C10H12BrNO/c11-8-1-3-9(4-2-8)13-10-5-6-12-7-10/h1-4,10,12H,5-7H2/t10-/m1/s1. The molecule has 1 aliphatic rings. The average molecular weight is 242 g/mol. The fourth-order valence-electron chi connectivity index (χ4n) is 1.43. The van der Waals surface area contributed by atoms with E-state index in [1.165, 1.54) is 0 Å². The van der Waals surface area contributed by atoms with Crippen molar-refractivity contribution >= 4 is 15.9 Å². The molecular weight excluding hydrogens is 230 g/mol. The van der Waals surface area contributed by atoms with Crippen LogP contribution < -0.4 is 10.1 Å². The first kappa shape index (κ1) is 9.03. The van der Waals surface area contributed by atoms with E-state index in [0.717, 1.165) is 29.7 Å². The highest BCUT2D eigenvalue weighted by molar-refractivity contribution is 9.10. The second-order valence-corrected chi connectivity index (χ2v) is 4.10. The van der Waals surface area contributed by atoms with Crippen molar-refractivity contribution in [1.82, 2.24) is 5.32 Å². The molecule has 0 unspecified atom stereocenters. The molecule has 1 saturated heterocycles. The van der Waals surface area contributed by atoms with Gasteiger partial charge >= 0.3 is 0 Å². The van der Waals surface area contributed by atoms with Gasteiger partial charge in [-0.1, -0.05) is 15.9 Å². The summed E-state index contributed by atoms with van der Waals surface area (Å²) in [5, 5.41) is 3.27. The van der Waals surface area contributed by atoms with Gasteiger partial charge in [-0.3, -0.25) is 0 Å². The van der Waals surface area contributed by atoms with E-state index in [0.29, 0.717) is 6.10 Å². The molecule has 2 nitrogen and oxygen atoms in total. The molecule has 1 aliphatic heterocycles. The topological polar surface area (TPSA) is 21.3 Å². The Morgan fingerprint density at radius 3 is 2.69 bits per heavy atom. The molecule has 0 radical (unpaired) electrons. The van der Waals surface area contributed by atoms with Crippen molar-refractivity contribution in [3.8, 4) is 5.75 Å². The summed E-state index contributed by atoms with van der Waals surface area (Å²) in [5.41, 5.74) is 0. The van der Waals surface area contributed by atoms with Gasteiger partial charge in [0.25, 0.3) is 0 Å². The summed E-state index contributed by atoms with van der Waals surface area (Å²) in [5.74, 6) is 0.955. The second-order valence-electron chi connectivity index (χ2n) is 3.19. The lowest BCUT2D eigenvalue weighted by atomic mass is 10.3. The molecule has 2 rings (SSSR count). The molecule has 0 amide bonds. The lowest BCUT2D eigenvalue weighted by molar-refractivity contribution is 0.223. The first-order valence-electron chi connectivity index (χ1n) is 4.47. The molecule has 1 atom stereocenters. The molecule has 1 aromatic carbocycles. The van der Waals surface area contributed by atoms with E-state index in [1.807, 2.05) is 24.3 Å². The van der Waals surface area contributed by atoms with Gasteiger partial charge in [0.15, 0.2) is 0 Å². The Morgan fingerprint density at radius 1 is 1.31 bits per heavy atom. The summed E-state index contributed by atoms with van der Waals surface area (Å²) in [6, 6.07) is 7.97. The molecular formula is C10H12BrNO. The average Bonchev–Trinajstić information content (AvgIpc) is 2.62. The molecule has 0 saturated carbocycles. The quantitative estimate of drug-likeness (QED) is 0.858. The maximum Gasteiger partial charge on any atom is 0.119 e. The molecule has 1 aromatic rings. The number of halogens is 1. The van der Waals surface area contributed by atoms with Crippen LogP contribution in [0.1, 0.15) is 6.42 Å². The zero-order chi connectivity index (χ0) is 9.10. The van der Waals surface area contributed by atoms with Gasteiger partial charge in [-0.25, -0.2) is 0 Å². The highest BCUT2D eigenvalue weighted by Crippen LogP contribution is 2.18. The molecule has 0 aliphatic carbocycles. The highest BCUT2D eigenvalue weighted by Gasteiger charge is 2.15. The van der Waals surface area contributed by atoms with Crippen molar-refractivity contribution in [2.45, 2.75) is 12.5 Å². The number of hydrogen-bond donors (Lipinski definition) is 1. The molecule has 1 heterocycles. The van der Waals surface area contributed by atoms with Crippen LogP contribution in [0.3, 0.4) is 0 Å². The predicted octanol–water partition coefficient (Wildman–Crippen LogP) is 2.19. The fourth-order valence-corrected chi connectivity index (χ4v) is 1.70. The molecule has 0 bridgehead atoms. The third kappa shape index (κ3) is 2.45. The lowest BCUT2D eigenvalue weighted by Gasteiger charge is -2.11. The summed E-state index contributed by atoms with van der Waals surface area (Å²) in [6.07, 6.45) is 1.46. The minimum Gasteiger partial charge on any atom is -0.489 e. The van der Waals surface area contributed by atoms with Crippen molar-refractivity contribution in [3.05, 3.63) is 28.7 Å². The van der Waals surface area contributed by atoms with Crippen molar-refractivity contribution in [2.24, 2.45) is 0 Å². The fraction of sp³-hybridized carbons (Fsp3) is 0.400. The second kappa shape index (κ2) is 4.11. The van der Waals surface area contributed by atoms with Gasteiger partial charge in [0.05, 0.1) is 0 Å². The van der Waals surface area contributed by atoms with E-state index in [2.05, 4.69) is 21.2 Å². The molecule has 70 valence electrons. The Kier molecular flexibility index (Phi) is 2.86. The minimum atomic E-state index is 0.348. The Balaban J connectivity index is 1.97. The lowest BCUT2D eigenvalue weighted by Crippen LogP contribution is -2.19. The Bertz CT molecular complexity index is 267. The predicted molar refractivity (Wildman–Crippen MR) is 56.0 cm³/mol.